The molecule has 6 heteroatoms. The number of hydrogen-bond acceptors (Lipinski definition) is 5. The van der Waals surface area contributed by atoms with Crippen molar-refractivity contribution >= 4 is 39.1 Å². The second-order valence-electron chi connectivity index (χ2n) is 3.58. The van der Waals surface area contributed by atoms with Crippen LogP contribution >= 0.6 is 22.9 Å². The highest BCUT2D eigenvalue weighted by atomic mass is 35.5. The van der Waals surface area contributed by atoms with Gasteiger partial charge in [-0.25, -0.2) is 9.97 Å². The maximum absolute atomic E-state index is 11.0. The predicted octanol–water partition coefficient (Wildman–Crippen LogP) is 2.76. The lowest BCUT2D eigenvalue weighted by Gasteiger charge is -2.00. The monoisotopic (exact) mass is 270 g/mol. The van der Waals surface area contributed by atoms with Gasteiger partial charge in [-0.3, -0.25) is 4.79 Å². The van der Waals surface area contributed by atoms with Gasteiger partial charge in [0.2, 0.25) is 0 Å². The molecule has 0 amide bonds. The Hall–Kier alpha value is -1.20. The van der Waals surface area contributed by atoms with E-state index in [9.17, 15) is 4.79 Å². The molecule has 17 heavy (non-hydrogen) atoms. The summed E-state index contributed by atoms with van der Waals surface area (Å²) in [6, 6.07) is 1.96. The maximum Gasteiger partial charge on any atom is 0.305 e. The van der Waals surface area contributed by atoms with E-state index in [-0.39, 0.29) is 12.4 Å². The van der Waals surface area contributed by atoms with Crippen molar-refractivity contribution in [3.05, 3.63) is 21.9 Å². The third-order valence-corrected chi connectivity index (χ3v) is 3.53. The van der Waals surface area contributed by atoms with Crippen LogP contribution in [0, 0.1) is 6.92 Å². The fourth-order valence-corrected chi connectivity index (χ4v) is 2.67. The highest BCUT2D eigenvalue weighted by molar-refractivity contribution is 7.18. The summed E-state index contributed by atoms with van der Waals surface area (Å²) >= 11 is 7.63. The number of hydrogen-bond donors (Lipinski definition) is 0. The Balaban J connectivity index is 2.27. The number of halogens is 1. The van der Waals surface area contributed by atoms with Crippen LogP contribution in [-0.4, -0.2) is 23.0 Å². The van der Waals surface area contributed by atoms with Gasteiger partial charge in [-0.2, -0.15) is 0 Å². The molecule has 0 N–H and O–H groups in total. The number of methoxy groups -OCH3 is 1. The Bertz CT molecular complexity index is 568. The van der Waals surface area contributed by atoms with Gasteiger partial charge >= 0.3 is 5.97 Å². The van der Waals surface area contributed by atoms with Gasteiger partial charge in [0.05, 0.1) is 13.5 Å². The molecule has 2 heterocycles. The van der Waals surface area contributed by atoms with Crippen LogP contribution in [0.15, 0.2) is 6.07 Å². The third kappa shape index (κ3) is 2.73. The van der Waals surface area contributed by atoms with E-state index < -0.39 is 0 Å². The van der Waals surface area contributed by atoms with E-state index in [0.717, 1.165) is 15.1 Å². The fraction of sp³-hybridized carbons (Fsp3) is 0.364. The molecule has 0 aliphatic heterocycles. The number of esters is 1. The Morgan fingerprint density at radius 1 is 1.53 bits per heavy atom. The van der Waals surface area contributed by atoms with Crippen LogP contribution in [0.25, 0.3) is 10.2 Å². The molecule has 0 bridgehead atoms. The molecular formula is C11H11ClN2O2S. The Labute approximate surface area is 108 Å². The predicted molar refractivity (Wildman–Crippen MR) is 67.5 cm³/mol. The third-order valence-electron chi connectivity index (χ3n) is 2.30. The largest absolute Gasteiger partial charge is 0.469 e. The van der Waals surface area contributed by atoms with Gasteiger partial charge in [0, 0.05) is 16.7 Å². The number of carbonyl (C=O) groups is 1. The number of thiophene rings is 1. The summed E-state index contributed by atoms with van der Waals surface area (Å²) in [7, 11) is 1.36. The van der Waals surface area contributed by atoms with Gasteiger partial charge in [0.25, 0.3) is 0 Å². The summed E-state index contributed by atoms with van der Waals surface area (Å²) < 4.78 is 4.57. The molecule has 2 aromatic rings. The molecule has 90 valence electrons. The minimum atomic E-state index is -0.271. The summed E-state index contributed by atoms with van der Waals surface area (Å²) in [5.74, 6) is 0.307. The van der Waals surface area contributed by atoms with Crippen LogP contribution in [0.3, 0.4) is 0 Å². The Morgan fingerprint density at radius 2 is 2.29 bits per heavy atom. The Morgan fingerprint density at radius 3 is 3.00 bits per heavy atom. The van der Waals surface area contributed by atoms with E-state index in [0.29, 0.717) is 17.4 Å². The first kappa shape index (κ1) is 12.3. The molecule has 0 aliphatic carbocycles. The second-order valence-corrected chi connectivity index (χ2v) is 5.18. The zero-order chi connectivity index (χ0) is 12.4. The van der Waals surface area contributed by atoms with Gasteiger partial charge in [-0.1, -0.05) is 11.6 Å². The zero-order valence-corrected chi connectivity index (χ0v) is 11.1. The van der Waals surface area contributed by atoms with E-state index in [1.807, 2.05) is 13.0 Å². The lowest BCUT2D eigenvalue weighted by atomic mass is 10.3. The van der Waals surface area contributed by atoms with Crippen molar-refractivity contribution in [1.82, 2.24) is 9.97 Å². The first-order valence-electron chi connectivity index (χ1n) is 5.09. The average Bonchev–Trinajstić information content (AvgIpc) is 2.67. The number of ether oxygens (including phenoxy) is 1. The molecular weight excluding hydrogens is 260 g/mol. The summed E-state index contributed by atoms with van der Waals surface area (Å²) in [6.45, 7) is 2.00. The molecule has 0 saturated carbocycles. The SMILES string of the molecule is COC(=O)CCc1nc(Cl)c2cc(C)sc2n1. The van der Waals surface area contributed by atoms with Crippen molar-refractivity contribution in [2.75, 3.05) is 7.11 Å². The average molecular weight is 271 g/mol. The molecule has 0 unspecified atom stereocenters. The number of aryl methyl sites for hydroxylation is 2. The number of carbonyl (C=O) groups excluding carboxylic acids is 1. The molecule has 0 spiro atoms. The lowest BCUT2D eigenvalue weighted by Crippen LogP contribution is -2.04. The highest BCUT2D eigenvalue weighted by Gasteiger charge is 2.10. The normalized spacial score (nSPS) is 10.8. The molecule has 0 aromatic carbocycles. The van der Waals surface area contributed by atoms with Gasteiger partial charge in [0.1, 0.15) is 15.8 Å². The molecule has 0 fully saturated rings. The van der Waals surface area contributed by atoms with Crippen molar-refractivity contribution in [2.24, 2.45) is 0 Å². The van der Waals surface area contributed by atoms with E-state index in [2.05, 4.69) is 14.7 Å². The number of nitrogens with zero attached hydrogens (tertiary/aromatic N) is 2. The van der Waals surface area contributed by atoms with Crippen LogP contribution in [0.5, 0.6) is 0 Å². The number of rotatable bonds is 3. The van der Waals surface area contributed by atoms with E-state index in [1.165, 1.54) is 7.11 Å². The minimum Gasteiger partial charge on any atom is -0.469 e. The molecule has 0 radical (unpaired) electrons. The van der Waals surface area contributed by atoms with Crippen LogP contribution in [0.1, 0.15) is 17.1 Å². The zero-order valence-electron chi connectivity index (χ0n) is 9.49. The summed E-state index contributed by atoms with van der Waals surface area (Å²) in [4.78, 5) is 21.6. The second kappa shape index (κ2) is 4.98. The smallest absolute Gasteiger partial charge is 0.305 e. The van der Waals surface area contributed by atoms with Crippen molar-refractivity contribution < 1.29 is 9.53 Å². The molecule has 2 aromatic heterocycles. The van der Waals surface area contributed by atoms with Gasteiger partial charge in [-0.15, -0.1) is 11.3 Å². The minimum absolute atomic E-state index is 0.267. The topological polar surface area (TPSA) is 52.1 Å². The highest BCUT2D eigenvalue weighted by Crippen LogP contribution is 2.28. The molecule has 0 aliphatic rings. The molecule has 0 atom stereocenters. The number of aromatic nitrogens is 2. The van der Waals surface area contributed by atoms with E-state index in [4.69, 9.17) is 11.6 Å². The van der Waals surface area contributed by atoms with Crippen molar-refractivity contribution in [3.8, 4) is 0 Å². The molecule has 0 saturated heterocycles. The standard InChI is InChI=1S/C11H11ClN2O2S/c1-6-5-7-10(12)13-8(14-11(7)17-6)3-4-9(15)16-2/h5H,3-4H2,1-2H3. The first-order chi connectivity index (χ1) is 8.10. The summed E-state index contributed by atoms with van der Waals surface area (Å²) in [5, 5.41) is 1.32. The van der Waals surface area contributed by atoms with Gasteiger partial charge in [-0.05, 0) is 13.0 Å². The van der Waals surface area contributed by atoms with Gasteiger partial charge in [0.15, 0.2) is 0 Å². The Kier molecular flexibility index (Phi) is 3.59. The van der Waals surface area contributed by atoms with Crippen LogP contribution < -0.4 is 0 Å². The first-order valence-corrected chi connectivity index (χ1v) is 6.29. The van der Waals surface area contributed by atoms with Crippen LogP contribution in [-0.2, 0) is 16.0 Å². The lowest BCUT2D eigenvalue weighted by molar-refractivity contribution is -0.140. The fourth-order valence-electron chi connectivity index (χ4n) is 1.48. The van der Waals surface area contributed by atoms with Crippen LogP contribution in [0.4, 0.5) is 0 Å². The van der Waals surface area contributed by atoms with Crippen molar-refractivity contribution in [3.63, 3.8) is 0 Å². The van der Waals surface area contributed by atoms with Crippen LogP contribution in [0.2, 0.25) is 5.15 Å². The molecule has 2 rings (SSSR count). The maximum atomic E-state index is 11.0. The summed E-state index contributed by atoms with van der Waals surface area (Å²) in [5.41, 5.74) is 0. The number of fused-ring (bicyclic) bond motifs is 1. The quantitative estimate of drug-likeness (QED) is 0.636. The van der Waals surface area contributed by atoms with Crippen molar-refractivity contribution in [1.29, 1.82) is 0 Å². The van der Waals surface area contributed by atoms with E-state index in [1.54, 1.807) is 11.3 Å². The summed E-state index contributed by atoms with van der Waals surface area (Å²) in [6.07, 6.45) is 0.710. The van der Waals surface area contributed by atoms with E-state index >= 15 is 0 Å². The van der Waals surface area contributed by atoms with Crippen molar-refractivity contribution in [2.45, 2.75) is 19.8 Å². The van der Waals surface area contributed by atoms with Gasteiger partial charge < -0.3 is 4.74 Å². The molecule has 4 nitrogen and oxygen atoms in total.